The quantitative estimate of drug-likeness (QED) is 0.681. The Morgan fingerprint density at radius 2 is 1.72 bits per heavy atom. The number of aromatic nitrogens is 2. The molecule has 0 spiro atoms. The van der Waals surface area contributed by atoms with E-state index >= 15 is 0 Å². The normalized spacial score (nSPS) is 21.9. The molecule has 2 aliphatic rings. The van der Waals surface area contributed by atoms with Crippen LogP contribution in [0.5, 0.6) is 0 Å². The third-order valence-corrected chi connectivity index (χ3v) is 5.81. The molecule has 0 saturated carbocycles. The summed E-state index contributed by atoms with van der Waals surface area (Å²) in [6, 6.07) is 8.80. The van der Waals surface area contributed by atoms with E-state index in [4.69, 9.17) is 14.8 Å². The number of nitrogens with zero attached hydrogens (tertiary/aromatic N) is 4. The first-order valence-electron chi connectivity index (χ1n) is 11.4. The molecule has 2 fully saturated rings. The molecular weight excluding hydrogens is 407 g/mol. The van der Waals surface area contributed by atoms with E-state index < -0.39 is 0 Å². The van der Waals surface area contributed by atoms with Gasteiger partial charge in [-0.2, -0.15) is 0 Å². The van der Waals surface area contributed by atoms with Crippen molar-refractivity contribution in [1.29, 1.82) is 0 Å². The van der Waals surface area contributed by atoms with Crippen molar-refractivity contribution in [3.8, 4) is 0 Å². The van der Waals surface area contributed by atoms with Gasteiger partial charge in [0.1, 0.15) is 29.6 Å². The number of aldehydes is 1. The lowest BCUT2D eigenvalue weighted by molar-refractivity contribution is -0.106. The maximum Gasteiger partial charge on any atom is 0.137 e. The molecule has 0 aliphatic carbocycles. The molecule has 4 rings (SSSR count). The van der Waals surface area contributed by atoms with E-state index in [1.54, 1.807) is 6.07 Å². The number of piperidine rings is 2. The second kappa shape index (κ2) is 11.9. The summed E-state index contributed by atoms with van der Waals surface area (Å²) in [6.45, 7) is 5.69. The first-order chi connectivity index (χ1) is 15.5. The summed E-state index contributed by atoms with van der Waals surface area (Å²) in [7, 11) is 4.31. The van der Waals surface area contributed by atoms with Crippen LogP contribution in [-0.2, 0) is 4.79 Å². The van der Waals surface area contributed by atoms with Crippen molar-refractivity contribution in [2.75, 3.05) is 50.9 Å². The van der Waals surface area contributed by atoms with Crippen molar-refractivity contribution >= 4 is 23.6 Å². The SMILES string of the molecule is CC=O.CN1CCCC(Nc2cc(Nc3cccc(F)c3)nc(C3CCCN(C)C3)n2)C1. The summed E-state index contributed by atoms with van der Waals surface area (Å²) in [5.74, 6) is 2.48. The standard InChI is InChI=1S/C22H31FN6.C2H4O/c1-28-10-4-6-16(14-28)22-26-20(24-18-8-3-7-17(23)12-18)13-21(27-22)25-19-9-5-11-29(2)15-19;1-2-3/h3,7-8,12-13,16,19H,4-6,9-11,14-15H2,1-2H3,(H2,24,25,26,27);2H,1H3. The van der Waals surface area contributed by atoms with Gasteiger partial charge >= 0.3 is 0 Å². The summed E-state index contributed by atoms with van der Waals surface area (Å²) < 4.78 is 13.6. The first-order valence-corrected chi connectivity index (χ1v) is 11.4. The zero-order valence-corrected chi connectivity index (χ0v) is 19.4. The lowest BCUT2D eigenvalue weighted by Crippen LogP contribution is -2.40. The van der Waals surface area contributed by atoms with E-state index in [0.717, 1.165) is 63.4 Å². The van der Waals surface area contributed by atoms with E-state index in [0.29, 0.717) is 23.5 Å². The number of hydrogen-bond acceptors (Lipinski definition) is 7. The zero-order valence-electron chi connectivity index (χ0n) is 19.4. The van der Waals surface area contributed by atoms with Gasteiger partial charge in [0.05, 0.1) is 0 Å². The number of anilines is 3. The Bertz CT molecular complexity index is 879. The van der Waals surface area contributed by atoms with Crippen LogP contribution < -0.4 is 10.6 Å². The maximum atomic E-state index is 13.6. The molecule has 1 aromatic heterocycles. The Kier molecular flexibility index (Phi) is 8.93. The first kappa shape index (κ1) is 24.1. The van der Waals surface area contributed by atoms with Crippen LogP contribution in [0.15, 0.2) is 30.3 Å². The van der Waals surface area contributed by atoms with Crippen LogP contribution in [0.25, 0.3) is 0 Å². The predicted octanol–water partition coefficient (Wildman–Crippen LogP) is 3.88. The van der Waals surface area contributed by atoms with Gasteiger partial charge in [0.2, 0.25) is 0 Å². The fraction of sp³-hybridized carbons (Fsp3) is 0.542. The molecule has 8 heteroatoms. The average Bonchev–Trinajstić information content (AvgIpc) is 2.74. The van der Waals surface area contributed by atoms with E-state index in [9.17, 15) is 4.39 Å². The fourth-order valence-corrected chi connectivity index (χ4v) is 4.37. The van der Waals surface area contributed by atoms with Crippen LogP contribution in [0.3, 0.4) is 0 Å². The largest absolute Gasteiger partial charge is 0.366 e. The van der Waals surface area contributed by atoms with E-state index in [-0.39, 0.29) is 5.82 Å². The van der Waals surface area contributed by atoms with Crippen LogP contribution in [0.2, 0.25) is 0 Å². The lowest BCUT2D eigenvalue weighted by atomic mass is 9.97. The molecule has 2 aromatic rings. The molecule has 174 valence electrons. The van der Waals surface area contributed by atoms with Gasteiger partial charge in [-0.25, -0.2) is 14.4 Å². The Hall–Kier alpha value is -2.58. The molecule has 2 saturated heterocycles. The predicted molar refractivity (Wildman–Crippen MR) is 127 cm³/mol. The molecule has 32 heavy (non-hydrogen) atoms. The topological polar surface area (TPSA) is 73.4 Å². The minimum atomic E-state index is -0.262. The molecular formula is C24H35FN6O. The lowest BCUT2D eigenvalue weighted by Gasteiger charge is -2.31. The maximum absolute atomic E-state index is 13.6. The third kappa shape index (κ3) is 7.24. The van der Waals surface area contributed by atoms with Crippen LogP contribution in [0, 0.1) is 5.82 Å². The number of hydrogen-bond donors (Lipinski definition) is 2. The van der Waals surface area contributed by atoms with Crippen molar-refractivity contribution in [2.24, 2.45) is 0 Å². The van der Waals surface area contributed by atoms with Gasteiger partial charge in [-0.1, -0.05) is 6.07 Å². The van der Waals surface area contributed by atoms with Crippen LogP contribution in [0.4, 0.5) is 21.7 Å². The molecule has 1 aromatic carbocycles. The average molecular weight is 443 g/mol. The van der Waals surface area contributed by atoms with Gasteiger partial charge < -0.3 is 25.2 Å². The fourth-order valence-electron chi connectivity index (χ4n) is 4.37. The summed E-state index contributed by atoms with van der Waals surface area (Å²) in [4.78, 5) is 23.2. The van der Waals surface area contributed by atoms with Crippen LogP contribution in [0.1, 0.15) is 44.3 Å². The summed E-state index contributed by atoms with van der Waals surface area (Å²) in [5.41, 5.74) is 0.693. The summed E-state index contributed by atoms with van der Waals surface area (Å²) in [5, 5.41) is 6.89. The Balaban J connectivity index is 0.000000913. The van der Waals surface area contributed by atoms with Gasteiger partial charge in [-0.05, 0) is 78.0 Å². The van der Waals surface area contributed by atoms with Crippen molar-refractivity contribution in [1.82, 2.24) is 19.8 Å². The highest BCUT2D eigenvalue weighted by Crippen LogP contribution is 2.27. The number of likely N-dealkylation sites (tertiary alicyclic amines) is 2. The van der Waals surface area contributed by atoms with Gasteiger partial charge in [-0.15, -0.1) is 0 Å². The zero-order chi connectivity index (χ0) is 22.9. The number of carbonyl (C=O) groups is 1. The Morgan fingerprint density at radius 3 is 2.41 bits per heavy atom. The molecule has 0 radical (unpaired) electrons. The molecule has 0 bridgehead atoms. The molecule has 2 N–H and O–H groups in total. The molecule has 7 nitrogen and oxygen atoms in total. The van der Waals surface area contributed by atoms with E-state index in [1.807, 2.05) is 12.1 Å². The monoisotopic (exact) mass is 442 g/mol. The van der Waals surface area contributed by atoms with Crippen LogP contribution >= 0.6 is 0 Å². The number of rotatable bonds is 5. The number of carbonyl (C=O) groups excluding carboxylic acids is 1. The number of halogens is 1. The van der Waals surface area contributed by atoms with Gasteiger partial charge in [-0.3, -0.25) is 0 Å². The molecule has 0 amide bonds. The van der Waals surface area contributed by atoms with Crippen molar-refractivity contribution < 1.29 is 9.18 Å². The highest BCUT2D eigenvalue weighted by molar-refractivity contribution is 5.59. The number of nitrogens with one attached hydrogen (secondary N) is 2. The van der Waals surface area contributed by atoms with E-state index in [1.165, 1.54) is 25.5 Å². The second-order valence-corrected chi connectivity index (χ2v) is 8.71. The van der Waals surface area contributed by atoms with Gasteiger partial charge in [0.15, 0.2) is 0 Å². The highest BCUT2D eigenvalue weighted by atomic mass is 19.1. The number of benzene rings is 1. The Morgan fingerprint density at radius 1 is 1.03 bits per heavy atom. The van der Waals surface area contributed by atoms with E-state index in [2.05, 4.69) is 34.5 Å². The minimum Gasteiger partial charge on any atom is -0.366 e. The van der Waals surface area contributed by atoms with Crippen molar-refractivity contribution in [2.45, 2.75) is 44.6 Å². The van der Waals surface area contributed by atoms with Crippen molar-refractivity contribution in [3.63, 3.8) is 0 Å². The second-order valence-electron chi connectivity index (χ2n) is 8.71. The number of likely N-dealkylation sites (N-methyl/N-ethyl adjacent to an activating group) is 2. The Labute approximate surface area is 190 Å². The molecule has 2 aliphatic heterocycles. The highest BCUT2D eigenvalue weighted by Gasteiger charge is 2.23. The molecule has 2 atom stereocenters. The van der Waals surface area contributed by atoms with Crippen molar-refractivity contribution in [3.05, 3.63) is 42.0 Å². The summed E-state index contributed by atoms with van der Waals surface area (Å²) in [6.07, 6.45) is 5.33. The van der Waals surface area contributed by atoms with Gasteiger partial charge in [0, 0.05) is 36.8 Å². The smallest absolute Gasteiger partial charge is 0.137 e. The summed E-state index contributed by atoms with van der Waals surface area (Å²) >= 11 is 0. The third-order valence-electron chi connectivity index (χ3n) is 5.81. The minimum absolute atomic E-state index is 0.262. The molecule has 2 unspecified atom stereocenters. The van der Waals surface area contributed by atoms with Gasteiger partial charge in [0.25, 0.3) is 0 Å². The van der Waals surface area contributed by atoms with Crippen LogP contribution in [-0.4, -0.2) is 72.4 Å². The molecule has 3 heterocycles.